The summed E-state index contributed by atoms with van der Waals surface area (Å²) in [5, 5.41) is 0. The smallest absolute Gasteiger partial charge is 0.158 e. The summed E-state index contributed by atoms with van der Waals surface area (Å²) < 4.78 is 5.63. The normalized spacial score (nSPS) is 43.6. The maximum Gasteiger partial charge on any atom is 0.158 e. The molecule has 0 aromatic heterocycles. The molecule has 1 aliphatic heterocycles. The van der Waals surface area contributed by atoms with Crippen molar-refractivity contribution in [3.05, 3.63) is 0 Å². The first-order chi connectivity index (χ1) is 5.29. The van der Waals surface area contributed by atoms with E-state index in [0.717, 1.165) is 12.1 Å². The van der Waals surface area contributed by atoms with Crippen molar-refractivity contribution >= 4 is 30.7 Å². The zero-order valence-corrected chi connectivity index (χ0v) is 13.0. The number of fused-ring (bicyclic) bond motifs is 1. The summed E-state index contributed by atoms with van der Waals surface area (Å²) in [7, 11) is 2.78. The largest absolute Gasteiger partial charge is 0.343 e. The van der Waals surface area contributed by atoms with E-state index in [2.05, 4.69) is 8.46 Å². The van der Waals surface area contributed by atoms with Gasteiger partial charge in [0.05, 0.1) is 20.8 Å². The summed E-state index contributed by atoms with van der Waals surface area (Å²) in [4.78, 5) is 0. The second-order valence-electron chi connectivity index (χ2n) is 4.07. The molecule has 1 aliphatic carbocycles. The summed E-state index contributed by atoms with van der Waals surface area (Å²) in [6.45, 7) is 0. The number of nitrogens with zero attached hydrogens (tertiary/aromatic N) is 2. The average molecular weight is 202 g/mol. The van der Waals surface area contributed by atoms with E-state index in [1.54, 1.807) is 0 Å². The second kappa shape index (κ2) is 3.14. The Balaban J connectivity index is 2.07. The SMILES string of the molecule is [SiH3]N1[SiH2]N([SiH3])C2CCCCC21. The van der Waals surface area contributed by atoms with Crippen LogP contribution in [-0.2, 0) is 0 Å². The fraction of sp³-hybridized carbons (Fsp3) is 1.00. The van der Waals surface area contributed by atoms with Gasteiger partial charge < -0.3 is 8.46 Å². The zero-order valence-electron chi connectivity index (χ0n) is 7.58. The average Bonchev–Trinajstić information content (AvgIpc) is 2.30. The molecule has 0 aromatic rings. The van der Waals surface area contributed by atoms with Gasteiger partial charge in [-0.25, -0.2) is 0 Å². The molecule has 2 fully saturated rings. The lowest BCUT2D eigenvalue weighted by Gasteiger charge is -2.31. The van der Waals surface area contributed by atoms with Crippen LogP contribution in [0.2, 0.25) is 0 Å². The lowest BCUT2D eigenvalue weighted by atomic mass is 9.92. The fourth-order valence-corrected chi connectivity index (χ4v) is 10.2. The predicted octanol–water partition coefficient (Wildman–Crippen LogP) is -2.53. The molecule has 0 spiro atoms. The van der Waals surface area contributed by atoms with Crippen LogP contribution in [0.25, 0.3) is 0 Å². The Morgan fingerprint density at radius 1 is 1.00 bits per heavy atom. The third-order valence-corrected chi connectivity index (χ3v) is 8.13. The van der Waals surface area contributed by atoms with Gasteiger partial charge in [0, 0.05) is 12.1 Å². The van der Waals surface area contributed by atoms with Crippen LogP contribution in [-0.4, -0.2) is 51.2 Å². The van der Waals surface area contributed by atoms with Gasteiger partial charge in [-0.05, 0) is 12.8 Å². The summed E-state index contributed by atoms with van der Waals surface area (Å²) in [6.07, 6.45) is 6.03. The molecule has 5 heteroatoms. The minimum absolute atomic E-state index is 0.105. The van der Waals surface area contributed by atoms with Crippen molar-refractivity contribution in [3.8, 4) is 0 Å². The van der Waals surface area contributed by atoms with E-state index in [0.29, 0.717) is 0 Å². The van der Waals surface area contributed by atoms with Crippen molar-refractivity contribution in [1.82, 2.24) is 8.46 Å². The predicted molar refractivity (Wildman–Crippen MR) is 58.1 cm³/mol. The van der Waals surface area contributed by atoms with E-state index in [-0.39, 0.29) is 9.84 Å². The Morgan fingerprint density at radius 2 is 1.45 bits per heavy atom. The van der Waals surface area contributed by atoms with E-state index in [1.165, 1.54) is 46.5 Å². The van der Waals surface area contributed by atoms with Gasteiger partial charge in [0.2, 0.25) is 0 Å². The molecule has 0 aromatic carbocycles. The van der Waals surface area contributed by atoms with E-state index in [1.807, 2.05) is 0 Å². The van der Waals surface area contributed by atoms with Gasteiger partial charge in [-0.2, -0.15) is 0 Å². The van der Waals surface area contributed by atoms with Crippen LogP contribution in [0.4, 0.5) is 0 Å². The molecule has 2 nitrogen and oxygen atoms in total. The summed E-state index contributed by atoms with van der Waals surface area (Å²) >= 11 is 0. The molecule has 1 saturated carbocycles. The van der Waals surface area contributed by atoms with E-state index in [9.17, 15) is 0 Å². The van der Waals surface area contributed by atoms with E-state index in [4.69, 9.17) is 0 Å². The van der Waals surface area contributed by atoms with Crippen molar-refractivity contribution in [2.75, 3.05) is 0 Å². The molecule has 2 aliphatic rings. The Bertz CT molecular complexity index is 139. The van der Waals surface area contributed by atoms with Gasteiger partial charge in [0.25, 0.3) is 0 Å². The van der Waals surface area contributed by atoms with Gasteiger partial charge >= 0.3 is 0 Å². The maximum atomic E-state index is 2.82. The highest BCUT2D eigenvalue weighted by molar-refractivity contribution is 6.47. The minimum atomic E-state index is 0.105. The van der Waals surface area contributed by atoms with Crippen LogP contribution in [0.3, 0.4) is 0 Å². The van der Waals surface area contributed by atoms with Crippen LogP contribution < -0.4 is 0 Å². The van der Waals surface area contributed by atoms with Crippen molar-refractivity contribution in [3.63, 3.8) is 0 Å². The third-order valence-electron chi connectivity index (χ3n) is 3.27. The van der Waals surface area contributed by atoms with Crippen molar-refractivity contribution in [2.45, 2.75) is 37.8 Å². The number of hydrogen-bond donors (Lipinski definition) is 0. The van der Waals surface area contributed by atoms with Gasteiger partial charge in [0.15, 0.2) is 9.84 Å². The zero-order chi connectivity index (χ0) is 7.84. The molecule has 11 heavy (non-hydrogen) atoms. The molecular formula is C6H18N2Si3. The van der Waals surface area contributed by atoms with Gasteiger partial charge in [-0.1, -0.05) is 12.8 Å². The Labute approximate surface area is 77.3 Å². The Kier molecular flexibility index (Phi) is 2.33. The Hall–Kier alpha value is 0.571. The first-order valence-electron chi connectivity index (χ1n) is 4.69. The van der Waals surface area contributed by atoms with Crippen LogP contribution in [0, 0.1) is 0 Å². The monoisotopic (exact) mass is 202 g/mol. The number of rotatable bonds is 0. The van der Waals surface area contributed by atoms with Crippen LogP contribution in [0.15, 0.2) is 0 Å². The standard InChI is InChI=1S/C6H18N2Si3/c9-7-5-3-1-2-4-6(5)8(10)11-7/h5-6H,1-4,11H2,9-10H3. The van der Waals surface area contributed by atoms with Crippen molar-refractivity contribution < 1.29 is 0 Å². The van der Waals surface area contributed by atoms with Crippen LogP contribution in [0.5, 0.6) is 0 Å². The van der Waals surface area contributed by atoms with Gasteiger partial charge in [-0.3, -0.25) is 0 Å². The molecule has 1 saturated heterocycles. The molecule has 1 heterocycles. The highest BCUT2D eigenvalue weighted by atomic mass is 28.3. The lowest BCUT2D eigenvalue weighted by molar-refractivity contribution is 0.287. The summed E-state index contributed by atoms with van der Waals surface area (Å²) in [5.41, 5.74) is 0. The molecule has 0 N–H and O–H groups in total. The van der Waals surface area contributed by atoms with Crippen molar-refractivity contribution in [1.29, 1.82) is 0 Å². The van der Waals surface area contributed by atoms with E-state index >= 15 is 0 Å². The fourth-order valence-electron chi connectivity index (χ4n) is 2.68. The highest BCUT2D eigenvalue weighted by Gasteiger charge is 2.36. The highest BCUT2D eigenvalue weighted by Crippen LogP contribution is 2.28. The topological polar surface area (TPSA) is 6.48 Å². The molecule has 0 bridgehead atoms. The molecule has 64 valence electrons. The first-order valence-corrected chi connectivity index (χ1v) is 7.75. The number of hydrogen-bond acceptors (Lipinski definition) is 2. The second-order valence-corrected chi connectivity index (χ2v) is 11.2. The maximum absolute atomic E-state index is 2.82. The molecule has 0 amide bonds. The molecule has 2 unspecified atom stereocenters. The van der Waals surface area contributed by atoms with Gasteiger partial charge in [0.1, 0.15) is 0 Å². The molecule has 2 atom stereocenters. The quantitative estimate of drug-likeness (QED) is 0.400. The molecule has 2 rings (SSSR count). The van der Waals surface area contributed by atoms with Crippen molar-refractivity contribution in [2.24, 2.45) is 0 Å². The molecular weight excluding hydrogens is 184 g/mol. The summed E-state index contributed by atoms with van der Waals surface area (Å²) in [5.74, 6) is 0. The summed E-state index contributed by atoms with van der Waals surface area (Å²) in [6, 6.07) is 2.05. The molecule has 0 radical (unpaired) electrons. The first kappa shape index (κ1) is 8.18. The van der Waals surface area contributed by atoms with Crippen LogP contribution >= 0.6 is 0 Å². The van der Waals surface area contributed by atoms with Gasteiger partial charge in [-0.15, -0.1) is 0 Å². The third kappa shape index (κ3) is 1.40. The van der Waals surface area contributed by atoms with E-state index < -0.39 is 0 Å². The Morgan fingerprint density at radius 3 is 1.91 bits per heavy atom. The lowest BCUT2D eigenvalue weighted by Crippen LogP contribution is -2.38. The minimum Gasteiger partial charge on any atom is -0.343 e. The van der Waals surface area contributed by atoms with Crippen LogP contribution in [0.1, 0.15) is 25.7 Å².